The molecule has 1 heterocycles. The third kappa shape index (κ3) is 4.48. The van der Waals surface area contributed by atoms with Crippen molar-refractivity contribution in [3.05, 3.63) is 34.9 Å². The number of likely N-dealkylation sites (tertiary alicyclic amines) is 1. The van der Waals surface area contributed by atoms with Crippen LogP contribution >= 0.6 is 11.6 Å². The Morgan fingerprint density at radius 1 is 1.33 bits per heavy atom. The predicted molar refractivity (Wildman–Crippen MR) is 108 cm³/mol. The minimum Gasteiger partial charge on any atom is -0.351 e. The molecule has 148 valence electrons. The van der Waals surface area contributed by atoms with Gasteiger partial charge in [0.05, 0.1) is 5.41 Å². The van der Waals surface area contributed by atoms with Gasteiger partial charge in [0.15, 0.2) is 0 Å². The van der Waals surface area contributed by atoms with Gasteiger partial charge in [-0.3, -0.25) is 9.59 Å². The second kappa shape index (κ2) is 8.64. The number of rotatable bonds is 6. The lowest BCUT2D eigenvalue weighted by atomic mass is 9.64. The summed E-state index contributed by atoms with van der Waals surface area (Å²) in [6.45, 7) is 5.61. The zero-order valence-corrected chi connectivity index (χ0v) is 17.2. The van der Waals surface area contributed by atoms with Crippen molar-refractivity contribution in [1.82, 2.24) is 10.2 Å². The first-order valence-electron chi connectivity index (χ1n) is 10.2. The molecule has 0 bridgehead atoms. The van der Waals surface area contributed by atoms with Crippen molar-refractivity contribution in [3.63, 3.8) is 0 Å². The zero-order valence-electron chi connectivity index (χ0n) is 16.5. The zero-order chi connectivity index (χ0) is 19.4. The molecule has 0 radical (unpaired) electrons. The number of fused-ring (bicyclic) bond motifs is 1. The molecule has 0 unspecified atom stereocenters. The van der Waals surface area contributed by atoms with E-state index in [0.29, 0.717) is 30.3 Å². The summed E-state index contributed by atoms with van der Waals surface area (Å²) >= 11 is 6.06. The van der Waals surface area contributed by atoms with Gasteiger partial charge in [-0.1, -0.05) is 50.4 Å². The fraction of sp³-hybridized carbons (Fsp3) is 0.636. The minimum atomic E-state index is -0.429. The summed E-state index contributed by atoms with van der Waals surface area (Å²) < 4.78 is 0. The molecule has 2 aliphatic rings. The fourth-order valence-electron chi connectivity index (χ4n) is 4.68. The van der Waals surface area contributed by atoms with E-state index in [-0.39, 0.29) is 17.9 Å². The summed E-state index contributed by atoms with van der Waals surface area (Å²) in [5, 5.41) is 3.83. The molecular formula is C22H31ClN2O2. The summed E-state index contributed by atoms with van der Waals surface area (Å²) in [6.07, 6.45) is 6.13. The summed E-state index contributed by atoms with van der Waals surface area (Å²) in [7, 11) is 0. The molecule has 0 aromatic heterocycles. The van der Waals surface area contributed by atoms with Crippen LogP contribution in [-0.4, -0.2) is 29.3 Å². The normalized spacial score (nSPS) is 25.4. The van der Waals surface area contributed by atoms with Crippen LogP contribution in [0.2, 0.25) is 5.02 Å². The minimum absolute atomic E-state index is 0.0469. The highest BCUT2D eigenvalue weighted by molar-refractivity contribution is 6.30. The maximum atomic E-state index is 13.3. The van der Waals surface area contributed by atoms with Crippen molar-refractivity contribution in [2.45, 2.75) is 71.4 Å². The number of benzene rings is 1. The van der Waals surface area contributed by atoms with E-state index in [4.69, 9.17) is 11.6 Å². The Morgan fingerprint density at radius 2 is 2.15 bits per heavy atom. The molecule has 0 spiro atoms. The van der Waals surface area contributed by atoms with E-state index in [2.05, 4.69) is 19.2 Å². The monoisotopic (exact) mass is 390 g/mol. The Balaban J connectivity index is 1.75. The van der Waals surface area contributed by atoms with Crippen molar-refractivity contribution in [2.75, 3.05) is 6.54 Å². The van der Waals surface area contributed by atoms with Gasteiger partial charge in [0.2, 0.25) is 11.8 Å². The molecule has 1 aliphatic heterocycles. The molecule has 2 atom stereocenters. The molecule has 2 amide bonds. The van der Waals surface area contributed by atoms with Gasteiger partial charge in [-0.25, -0.2) is 0 Å². The fourth-order valence-corrected chi connectivity index (χ4v) is 4.89. The van der Waals surface area contributed by atoms with Crippen molar-refractivity contribution in [3.8, 4) is 0 Å². The number of piperidine rings is 1. The van der Waals surface area contributed by atoms with Gasteiger partial charge < -0.3 is 10.2 Å². The van der Waals surface area contributed by atoms with Gasteiger partial charge in [-0.15, -0.1) is 0 Å². The second-order valence-electron chi connectivity index (χ2n) is 8.50. The Bertz CT molecular complexity index is 691. The van der Waals surface area contributed by atoms with Crippen LogP contribution in [0.3, 0.4) is 0 Å². The Hall–Kier alpha value is -1.55. The first-order valence-corrected chi connectivity index (χ1v) is 10.6. The molecule has 3 rings (SSSR count). The summed E-state index contributed by atoms with van der Waals surface area (Å²) in [5.41, 5.74) is 0.574. The Labute approximate surface area is 167 Å². The van der Waals surface area contributed by atoms with Crippen LogP contribution in [0.15, 0.2) is 24.3 Å². The summed E-state index contributed by atoms with van der Waals surface area (Å²) in [4.78, 5) is 28.0. The van der Waals surface area contributed by atoms with Crippen LogP contribution in [0, 0.1) is 11.3 Å². The van der Waals surface area contributed by atoms with Gasteiger partial charge in [0.25, 0.3) is 0 Å². The third-order valence-electron chi connectivity index (χ3n) is 6.21. The first kappa shape index (κ1) is 20.2. The lowest BCUT2D eigenvalue weighted by molar-refractivity contribution is -0.155. The van der Waals surface area contributed by atoms with Gasteiger partial charge in [-0.05, 0) is 49.3 Å². The van der Waals surface area contributed by atoms with E-state index in [1.165, 1.54) is 0 Å². The number of hydrogen-bond donors (Lipinski definition) is 1. The van der Waals surface area contributed by atoms with Crippen LogP contribution in [-0.2, 0) is 16.1 Å². The highest BCUT2D eigenvalue weighted by Gasteiger charge is 2.52. The topological polar surface area (TPSA) is 49.4 Å². The molecule has 1 aliphatic carbocycles. The SMILES string of the molecule is CC(C)CCN1C(=O)CC[C@]2(C(=O)NCc3cccc(Cl)c3)CCCC[C@@H]12. The summed E-state index contributed by atoms with van der Waals surface area (Å²) in [6, 6.07) is 7.64. The standard InChI is InChI=1S/C22H31ClN2O2/c1-16(2)10-13-25-19-8-3-4-11-22(19,12-9-20(25)26)21(27)24-15-17-6-5-7-18(23)14-17/h5-7,14,16,19H,3-4,8-13,15H2,1-2H3,(H,24,27)/t19-,22-/m1/s1. The van der Waals surface area contributed by atoms with E-state index in [1.54, 1.807) is 0 Å². The number of halogens is 1. The number of hydrogen-bond acceptors (Lipinski definition) is 2. The van der Waals surface area contributed by atoms with Crippen LogP contribution in [0.4, 0.5) is 0 Å². The van der Waals surface area contributed by atoms with E-state index < -0.39 is 5.41 Å². The molecule has 1 saturated carbocycles. The number of nitrogens with zero attached hydrogens (tertiary/aromatic N) is 1. The predicted octanol–water partition coefficient (Wildman–Crippen LogP) is 4.55. The number of nitrogens with one attached hydrogen (secondary N) is 1. The molecule has 5 heteroatoms. The van der Waals surface area contributed by atoms with Crippen LogP contribution < -0.4 is 5.32 Å². The van der Waals surface area contributed by atoms with Crippen LogP contribution in [0.1, 0.15) is 64.4 Å². The molecule has 2 fully saturated rings. The molecule has 1 aromatic rings. The molecule has 1 saturated heterocycles. The van der Waals surface area contributed by atoms with E-state index in [9.17, 15) is 9.59 Å². The smallest absolute Gasteiger partial charge is 0.228 e. The molecule has 4 nitrogen and oxygen atoms in total. The molecule has 1 aromatic carbocycles. The van der Waals surface area contributed by atoms with Gasteiger partial charge in [-0.2, -0.15) is 0 Å². The number of amides is 2. The average molecular weight is 391 g/mol. The van der Waals surface area contributed by atoms with E-state index in [0.717, 1.165) is 44.2 Å². The van der Waals surface area contributed by atoms with E-state index in [1.807, 2.05) is 29.2 Å². The molecule has 1 N–H and O–H groups in total. The Kier molecular flexibility index (Phi) is 6.46. The average Bonchev–Trinajstić information content (AvgIpc) is 2.65. The van der Waals surface area contributed by atoms with Crippen LogP contribution in [0.5, 0.6) is 0 Å². The van der Waals surface area contributed by atoms with Crippen molar-refractivity contribution >= 4 is 23.4 Å². The molecular weight excluding hydrogens is 360 g/mol. The van der Waals surface area contributed by atoms with Crippen molar-refractivity contribution in [2.24, 2.45) is 11.3 Å². The highest BCUT2D eigenvalue weighted by Crippen LogP contribution is 2.46. The maximum absolute atomic E-state index is 13.3. The van der Waals surface area contributed by atoms with Crippen molar-refractivity contribution < 1.29 is 9.59 Å². The van der Waals surface area contributed by atoms with Crippen molar-refractivity contribution in [1.29, 1.82) is 0 Å². The largest absolute Gasteiger partial charge is 0.351 e. The number of carbonyl (C=O) groups excluding carboxylic acids is 2. The third-order valence-corrected chi connectivity index (χ3v) is 6.45. The number of carbonyl (C=O) groups is 2. The van der Waals surface area contributed by atoms with E-state index >= 15 is 0 Å². The van der Waals surface area contributed by atoms with Gasteiger partial charge >= 0.3 is 0 Å². The Morgan fingerprint density at radius 3 is 2.89 bits per heavy atom. The second-order valence-corrected chi connectivity index (χ2v) is 8.94. The lowest BCUT2D eigenvalue weighted by Gasteiger charge is -2.51. The van der Waals surface area contributed by atoms with Crippen LogP contribution in [0.25, 0.3) is 0 Å². The molecule has 27 heavy (non-hydrogen) atoms. The van der Waals surface area contributed by atoms with Gasteiger partial charge in [0, 0.05) is 30.6 Å². The highest BCUT2D eigenvalue weighted by atomic mass is 35.5. The first-order chi connectivity index (χ1) is 12.9. The quantitative estimate of drug-likeness (QED) is 0.774. The lowest BCUT2D eigenvalue weighted by Crippen LogP contribution is -2.61. The summed E-state index contributed by atoms with van der Waals surface area (Å²) in [5.74, 6) is 0.879. The maximum Gasteiger partial charge on any atom is 0.228 e. The van der Waals surface area contributed by atoms with Gasteiger partial charge in [0.1, 0.15) is 0 Å².